The minimum atomic E-state index is -0.0657. The number of hydrogen-bond acceptors (Lipinski definition) is 4. The zero-order valence-electron chi connectivity index (χ0n) is 14.3. The average molecular weight is 328 g/mol. The van der Waals surface area contributed by atoms with E-state index in [1.165, 1.54) is 5.01 Å². The average Bonchev–Trinajstić information content (AvgIpc) is 2.62. The van der Waals surface area contributed by atoms with Crippen molar-refractivity contribution in [1.82, 2.24) is 9.80 Å². The third-order valence-corrected chi connectivity index (χ3v) is 4.76. The van der Waals surface area contributed by atoms with Crippen LogP contribution in [0.5, 0.6) is 0 Å². The molecular weight excluding hydrogens is 304 g/mol. The first-order valence-electron chi connectivity index (χ1n) is 8.47. The van der Waals surface area contributed by atoms with Gasteiger partial charge in [0.05, 0.1) is 5.69 Å². The van der Waals surface area contributed by atoms with Crippen LogP contribution in [0.25, 0.3) is 0 Å². The van der Waals surface area contributed by atoms with Gasteiger partial charge in [0.25, 0.3) is 5.91 Å². The molecule has 128 valence electrons. The predicted octanol–water partition coefficient (Wildman–Crippen LogP) is 1.72. The Morgan fingerprint density at radius 3 is 2.42 bits per heavy atom. The van der Waals surface area contributed by atoms with E-state index in [4.69, 9.17) is 0 Å². The summed E-state index contributed by atoms with van der Waals surface area (Å²) >= 11 is 0. The molecule has 0 bridgehead atoms. The second kappa shape index (κ2) is 7.13. The summed E-state index contributed by atoms with van der Waals surface area (Å²) in [5.74, 6) is -0.0929. The van der Waals surface area contributed by atoms with Crippen LogP contribution in [0.1, 0.15) is 25.7 Å². The summed E-state index contributed by atoms with van der Waals surface area (Å²) in [5.41, 5.74) is 1.19. The van der Waals surface area contributed by atoms with Crippen molar-refractivity contribution in [3.8, 4) is 0 Å². The van der Waals surface area contributed by atoms with Crippen molar-refractivity contribution in [3.63, 3.8) is 0 Å². The third-order valence-electron chi connectivity index (χ3n) is 4.76. The Bertz CT molecular complexity index is 634. The Kier molecular flexibility index (Phi) is 4.94. The van der Waals surface area contributed by atoms with E-state index in [2.05, 4.69) is 24.1 Å². The molecule has 1 saturated heterocycles. The zero-order valence-corrected chi connectivity index (χ0v) is 14.3. The van der Waals surface area contributed by atoms with Crippen LogP contribution in [0.2, 0.25) is 0 Å². The first-order chi connectivity index (χ1) is 11.6. The van der Waals surface area contributed by atoms with E-state index in [-0.39, 0.29) is 11.8 Å². The molecule has 3 rings (SSSR count). The largest absolute Gasteiger partial charge is 0.337 e. The number of para-hydroxylation sites is 1. The second-order valence-corrected chi connectivity index (χ2v) is 6.57. The number of carbonyl (C=O) groups excluding carboxylic acids is 2. The summed E-state index contributed by atoms with van der Waals surface area (Å²) in [6, 6.07) is 9.81. The molecule has 0 atom stereocenters. The van der Waals surface area contributed by atoms with Crippen molar-refractivity contribution in [1.29, 1.82) is 0 Å². The lowest BCUT2D eigenvalue weighted by atomic mass is 10.0. The van der Waals surface area contributed by atoms with E-state index in [1.54, 1.807) is 0 Å². The summed E-state index contributed by atoms with van der Waals surface area (Å²) in [5, 5.41) is 5.73. The monoisotopic (exact) mass is 328 g/mol. The van der Waals surface area contributed by atoms with Gasteiger partial charge in [-0.2, -0.15) is 5.10 Å². The normalized spacial score (nSPS) is 19.6. The lowest BCUT2D eigenvalue weighted by Gasteiger charge is -2.36. The van der Waals surface area contributed by atoms with Crippen LogP contribution in [0.15, 0.2) is 35.4 Å². The predicted molar refractivity (Wildman–Crippen MR) is 93.9 cm³/mol. The van der Waals surface area contributed by atoms with Gasteiger partial charge in [-0.1, -0.05) is 18.2 Å². The number of rotatable bonds is 3. The minimum absolute atomic E-state index is 0.0272. The number of likely N-dealkylation sites (tertiary alicyclic amines) is 1. The van der Waals surface area contributed by atoms with Crippen molar-refractivity contribution >= 4 is 23.2 Å². The van der Waals surface area contributed by atoms with Crippen LogP contribution in [-0.4, -0.2) is 60.6 Å². The summed E-state index contributed by atoms with van der Waals surface area (Å²) < 4.78 is 0. The molecule has 0 unspecified atom stereocenters. The van der Waals surface area contributed by atoms with Crippen molar-refractivity contribution < 1.29 is 9.59 Å². The fourth-order valence-electron chi connectivity index (χ4n) is 3.25. The summed E-state index contributed by atoms with van der Waals surface area (Å²) in [7, 11) is 4.16. The Hall–Kier alpha value is -2.21. The topological polar surface area (TPSA) is 56.2 Å². The molecule has 1 aromatic carbocycles. The second-order valence-electron chi connectivity index (χ2n) is 6.57. The smallest absolute Gasteiger partial charge is 0.270 e. The van der Waals surface area contributed by atoms with Gasteiger partial charge in [0.1, 0.15) is 5.71 Å². The van der Waals surface area contributed by atoms with E-state index < -0.39 is 0 Å². The Morgan fingerprint density at radius 1 is 1.12 bits per heavy atom. The fourth-order valence-corrected chi connectivity index (χ4v) is 3.25. The molecule has 2 heterocycles. The number of carbonyl (C=O) groups is 2. The summed E-state index contributed by atoms with van der Waals surface area (Å²) in [6.07, 6.45) is 2.71. The molecule has 1 aromatic rings. The first kappa shape index (κ1) is 16.6. The molecule has 2 aliphatic rings. The molecular formula is C18H24N4O2. The number of piperidine rings is 1. The Balaban J connectivity index is 1.72. The lowest BCUT2D eigenvalue weighted by molar-refractivity contribution is -0.125. The number of nitrogens with zero attached hydrogens (tertiary/aromatic N) is 4. The van der Waals surface area contributed by atoms with Gasteiger partial charge in [-0.25, -0.2) is 5.01 Å². The van der Waals surface area contributed by atoms with Gasteiger partial charge in [-0.15, -0.1) is 0 Å². The van der Waals surface area contributed by atoms with Crippen molar-refractivity contribution in [3.05, 3.63) is 30.3 Å². The van der Waals surface area contributed by atoms with Gasteiger partial charge in [0.2, 0.25) is 5.91 Å². The maximum absolute atomic E-state index is 12.8. The Labute approximate surface area is 142 Å². The van der Waals surface area contributed by atoms with Crippen LogP contribution < -0.4 is 5.01 Å². The molecule has 0 spiro atoms. The van der Waals surface area contributed by atoms with Gasteiger partial charge < -0.3 is 9.80 Å². The van der Waals surface area contributed by atoms with Crippen LogP contribution in [0, 0.1) is 0 Å². The highest BCUT2D eigenvalue weighted by molar-refractivity contribution is 6.40. The van der Waals surface area contributed by atoms with E-state index in [1.807, 2.05) is 35.2 Å². The highest BCUT2D eigenvalue weighted by Crippen LogP contribution is 2.21. The first-order valence-corrected chi connectivity index (χ1v) is 8.47. The molecule has 0 saturated carbocycles. The van der Waals surface area contributed by atoms with Gasteiger partial charge in [-0.05, 0) is 39.1 Å². The molecule has 24 heavy (non-hydrogen) atoms. The van der Waals surface area contributed by atoms with Gasteiger partial charge in [-0.3, -0.25) is 9.59 Å². The van der Waals surface area contributed by atoms with Crippen LogP contribution in [0.3, 0.4) is 0 Å². The quantitative estimate of drug-likeness (QED) is 0.849. The number of hydrazone groups is 1. The van der Waals surface area contributed by atoms with Crippen molar-refractivity contribution in [2.75, 3.05) is 32.2 Å². The van der Waals surface area contributed by atoms with Crippen molar-refractivity contribution in [2.45, 2.75) is 31.7 Å². The lowest BCUT2D eigenvalue weighted by Crippen LogP contribution is -2.48. The van der Waals surface area contributed by atoms with E-state index in [0.717, 1.165) is 25.9 Å². The standard InChI is InChI=1S/C18H24N4O2/c1-20(2)14-10-12-21(13-11-14)18(24)16-8-9-17(23)22(19-16)15-6-4-3-5-7-15/h3-7,14H,8-13H2,1-2H3. The number of amides is 2. The highest BCUT2D eigenvalue weighted by Gasteiger charge is 2.30. The summed E-state index contributed by atoms with van der Waals surface area (Å²) in [4.78, 5) is 29.0. The minimum Gasteiger partial charge on any atom is -0.337 e. The SMILES string of the molecule is CN(C)C1CCN(C(=O)C2=NN(c3ccccc3)C(=O)CC2)CC1. The molecule has 1 fully saturated rings. The molecule has 0 N–H and O–H groups in total. The number of hydrogen-bond donors (Lipinski definition) is 0. The maximum atomic E-state index is 12.8. The highest BCUT2D eigenvalue weighted by atomic mass is 16.2. The molecule has 0 aromatic heterocycles. The van der Waals surface area contributed by atoms with Crippen molar-refractivity contribution in [2.24, 2.45) is 5.10 Å². The van der Waals surface area contributed by atoms with E-state index in [0.29, 0.717) is 30.3 Å². The molecule has 6 nitrogen and oxygen atoms in total. The van der Waals surface area contributed by atoms with E-state index >= 15 is 0 Å². The maximum Gasteiger partial charge on any atom is 0.270 e. The van der Waals surface area contributed by atoms with Crippen LogP contribution in [0.4, 0.5) is 5.69 Å². The van der Waals surface area contributed by atoms with Gasteiger partial charge in [0.15, 0.2) is 0 Å². The van der Waals surface area contributed by atoms with E-state index in [9.17, 15) is 9.59 Å². The summed E-state index contributed by atoms with van der Waals surface area (Å²) in [6.45, 7) is 1.50. The van der Waals surface area contributed by atoms with Gasteiger partial charge >= 0.3 is 0 Å². The molecule has 0 aliphatic carbocycles. The molecule has 2 aliphatic heterocycles. The Morgan fingerprint density at radius 2 is 1.79 bits per heavy atom. The molecule has 2 amide bonds. The van der Waals surface area contributed by atoms with Crippen LogP contribution in [-0.2, 0) is 9.59 Å². The third kappa shape index (κ3) is 3.48. The number of anilines is 1. The van der Waals surface area contributed by atoms with Crippen LogP contribution >= 0.6 is 0 Å². The molecule has 6 heteroatoms. The fraction of sp³-hybridized carbons (Fsp3) is 0.500. The zero-order chi connectivity index (χ0) is 17.1. The molecule has 0 radical (unpaired) electrons. The van der Waals surface area contributed by atoms with Gasteiger partial charge in [0, 0.05) is 32.0 Å². The number of benzene rings is 1.